The van der Waals surface area contributed by atoms with Crippen molar-refractivity contribution in [2.45, 2.75) is 13.3 Å². The van der Waals surface area contributed by atoms with Crippen LogP contribution < -0.4 is 9.64 Å². The largest absolute Gasteiger partial charge is 0.490 e. The summed E-state index contributed by atoms with van der Waals surface area (Å²) in [6.45, 7) is 2.66. The van der Waals surface area contributed by atoms with Crippen LogP contribution in [-0.2, 0) is 4.79 Å². The third kappa shape index (κ3) is 2.45. The van der Waals surface area contributed by atoms with Gasteiger partial charge < -0.3 is 4.74 Å². The van der Waals surface area contributed by atoms with Crippen molar-refractivity contribution in [3.8, 4) is 5.75 Å². The maximum Gasteiger partial charge on any atom is 0.215 e. The van der Waals surface area contributed by atoms with Crippen molar-refractivity contribution in [2.75, 3.05) is 18.6 Å². The van der Waals surface area contributed by atoms with E-state index in [-0.39, 0.29) is 0 Å². The van der Waals surface area contributed by atoms with Gasteiger partial charge >= 0.3 is 0 Å². The normalized spacial score (nSPS) is 9.57. The second-order valence-electron chi connectivity index (χ2n) is 2.89. The molecule has 0 aromatic carbocycles. The Balaban J connectivity index is 2.85. The van der Waals surface area contributed by atoms with Crippen LogP contribution in [0.1, 0.15) is 13.3 Å². The van der Waals surface area contributed by atoms with Crippen LogP contribution in [0, 0.1) is 0 Å². The predicted molar refractivity (Wildman–Crippen MR) is 54.5 cm³/mol. The Bertz CT molecular complexity index is 302. The summed E-state index contributed by atoms with van der Waals surface area (Å²) in [7, 11) is 1.65. The Morgan fingerprint density at radius 1 is 1.64 bits per heavy atom. The van der Waals surface area contributed by atoms with E-state index in [4.69, 9.17) is 4.74 Å². The van der Waals surface area contributed by atoms with Gasteiger partial charge in [-0.25, -0.2) is 4.98 Å². The van der Waals surface area contributed by atoms with E-state index < -0.39 is 0 Å². The fourth-order valence-electron chi connectivity index (χ4n) is 1.02. The molecular formula is C10H14N2O2. The summed E-state index contributed by atoms with van der Waals surface area (Å²) < 4.78 is 5.45. The number of pyridine rings is 1. The molecule has 14 heavy (non-hydrogen) atoms. The molecule has 0 saturated heterocycles. The molecule has 1 rings (SSSR count). The minimum Gasteiger partial charge on any atom is -0.490 e. The van der Waals surface area contributed by atoms with E-state index >= 15 is 0 Å². The van der Waals surface area contributed by atoms with Crippen molar-refractivity contribution in [2.24, 2.45) is 0 Å². The molecule has 1 heterocycles. The molecule has 1 aromatic rings. The van der Waals surface area contributed by atoms with Crippen molar-refractivity contribution in [3.05, 3.63) is 18.3 Å². The zero-order chi connectivity index (χ0) is 10.4. The third-order valence-corrected chi connectivity index (χ3v) is 1.70. The van der Waals surface area contributed by atoms with Crippen molar-refractivity contribution < 1.29 is 9.53 Å². The Morgan fingerprint density at radius 3 is 3.07 bits per heavy atom. The van der Waals surface area contributed by atoms with E-state index in [1.165, 1.54) is 4.90 Å². The summed E-state index contributed by atoms with van der Waals surface area (Å²) in [5.74, 6) is 1.19. The number of rotatable bonds is 5. The van der Waals surface area contributed by atoms with Crippen molar-refractivity contribution in [1.82, 2.24) is 4.98 Å². The highest BCUT2D eigenvalue weighted by molar-refractivity contribution is 5.75. The smallest absolute Gasteiger partial charge is 0.215 e. The standard InChI is InChI=1S/C10H14N2O2/c1-3-7-14-9-5-4-6-11-10(9)12(2)8-13/h4-6,8H,3,7H2,1-2H3. The molecule has 0 radical (unpaired) electrons. The summed E-state index contributed by atoms with van der Waals surface area (Å²) in [5.41, 5.74) is 0. The number of nitrogens with zero attached hydrogens (tertiary/aromatic N) is 2. The fraction of sp³-hybridized carbons (Fsp3) is 0.400. The molecule has 1 amide bonds. The first-order valence-electron chi connectivity index (χ1n) is 4.55. The molecule has 0 aliphatic carbocycles. The van der Waals surface area contributed by atoms with Gasteiger partial charge in [0.15, 0.2) is 11.6 Å². The Morgan fingerprint density at radius 2 is 2.43 bits per heavy atom. The molecular weight excluding hydrogens is 180 g/mol. The number of hydrogen-bond acceptors (Lipinski definition) is 3. The maximum atomic E-state index is 10.6. The quantitative estimate of drug-likeness (QED) is 0.666. The van der Waals surface area contributed by atoms with Crippen LogP contribution in [0.5, 0.6) is 5.75 Å². The lowest BCUT2D eigenvalue weighted by Crippen LogP contribution is -2.16. The van der Waals surface area contributed by atoms with Gasteiger partial charge in [0.05, 0.1) is 6.61 Å². The number of anilines is 1. The number of carbonyl (C=O) groups excluding carboxylic acids is 1. The van der Waals surface area contributed by atoms with Crippen molar-refractivity contribution >= 4 is 12.2 Å². The van der Waals surface area contributed by atoms with Crippen LogP contribution in [0.2, 0.25) is 0 Å². The summed E-state index contributed by atoms with van der Waals surface area (Å²) in [4.78, 5) is 16.0. The van der Waals surface area contributed by atoms with E-state index in [9.17, 15) is 4.79 Å². The molecule has 0 aliphatic rings. The summed E-state index contributed by atoms with van der Waals surface area (Å²) in [6.07, 6.45) is 3.27. The van der Waals surface area contributed by atoms with Crippen molar-refractivity contribution in [3.63, 3.8) is 0 Å². The first kappa shape index (κ1) is 10.5. The van der Waals surface area contributed by atoms with Gasteiger partial charge in [-0.2, -0.15) is 0 Å². The molecule has 0 fully saturated rings. The molecule has 0 spiro atoms. The van der Waals surface area contributed by atoms with Gasteiger partial charge in [0.1, 0.15) is 0 Å². The van der Waals surface area contributed by atoms with Crippen LogP contribution in [0.3, 0.4) is 0 Å². The number of ether oxygens (including phenoxy) is 1. The highest BCUT2D eigenvalue weighted by Gasteiger charge is 2.07. The second kappa shape index (κ2) is 5.21. The Labute approximate surface area is 83.5 Å². The fourth-order valence-corrected chi connectivity index (χ4v) is 1.02. The first-order valence-corrected chi connectivity index (χ1v) is 4.55. The Kier molecular flexibility index (Phi) is 3.91. The van der Waals surface area contributed by atoms with Crippen molar-refractivity contribution in [1.29, 1.82) is 0 Å². The van der Waals surface area contributed by atoms with E-state index in [1.54, 1.807) is 25.4 Å². The molecule has 1 aromatic heterocycles. The molecule has 0 unspecified atom stereocenters. The second-order valence-corrected chi connectivity index (χ2v) is 2.89. The van der Waals surface area contributed by atoms with Crippen LogP contribution >= 0.6 is 0 Å². The summed E-state index contributed by atoms with van der Waals surface area (Å²) >= 11 is 0. The van der Waals surface area contributed by atoms with Gasteiger partial charge in [-0.3, -0.25) is 9.69 Å². The van der Waals surface area contributed by atoms with Crippen LogP contribution in [-0.4, -0.2) is 25.0 Å². The van der Waals surface area contributed by atoms with Crippen LogP contribution in [0.15, 0.2) is 18.3 Å². The molecule has 0 atom stereocenters. The van der Waals surface area contributed by atoms with E-state index in [1.807, 2.05) is 6.92 Å². The number of carbonyl (C=O) groups is 1. The lowest BCUT2D eigenvalue weighted by Gasteiger charge is -2.14. The highest BCUT2D eigenvalue weighted by atomic mass is 16.5. The topological polar surface area (TPSA) is 42.4 Å². The Hall–Kier alpha value is -1.58. The molecule has 0 bridgehead atoms. The van der Waals surface area contributed by atoms with Gasteiger partial charge in [-0.15, -0.1) is 0 Å². The molecule has 0 saturated carbocycles. The number of aromatic nitrogens is 1. The molecule has 4 heteroatoms. The molecule has 0 N–H and O–H groups in total. The minimum absolute atomic E-state index is 0.552. The molecule has 4 nitrogen and oxygen atoms in total. The van der Waals surface area contributed by atoms with Gasteiger partial charge in [0.2, 0.25) is 6.41 Å². The summed E-state index contributed by atoms with van der Waals surface area (Å²) in [5, 5.41) is 0. The van der Waals surface area contributed by atoms with Gasteiger partial charge in [-0.05, 0) is 18.6 Å². The monoisotopic (exact) mass is 194 g/mol. The lowest BCUT2D eigenvalue weighted by atomic mass is 10.4. The number of hydrogen-bond donors (Lipinski definition) is 0. The van der Waals surface area contributed by atoms with E-state index in [2.05, 4.69) is 4.98 Å². The lowest BCUT2D eigenvalue weighted by molar-refractivity contribution is -0.107. The number of amides is 1. The van der Waals surface area contributed by atoms with Gasteiger partial charge in [0.25, 0.3) is 0 Å². The third-order valence-electron chi connectivity index (χ3n) is 1.70. The van der Waals surface area contributed by atoms with E-state index in [0.29, 0.717) is 24.6 Å². The average Bonchev–Trinajstić information content (AvgIpc) is 2.25. The van der Waals surface area contributed by atoms with Gasteiger partial charge in [0, 0.05) is 13.2 Å². The predicted octanol–water partition coefficient (Wildman–Crippen LogP) is 1.46. The van der Waals surface area contributed by atoms with E-state index in [0.717, 1.165) is 6.42 Å². The SMILES string of the molecule is CCCOc1cccnc1N(C)C=O. The van der Waals surface area contributed by atoms with Crippen LogP contribution in [0.4, 0.5) is 5.82 Å². The first-order chi connectivity index (χ1) is 6.79. The molecule has 76 valence electrons. The van der Waals surface area contributed by atoms with Gasteiger partial charge in [-0.1, -0.05) is 6.92 Å². The van der Waals surface area contributed by atoms with Crippen LogP contribution in [0.25, 0.3) is 0 Å². The average molecular weight is 194 g/mol. The highest BCUT2D eigenvalue weighted by Crippen LogP contribution is 2.23. The zero-order valence-corrected chi connectivity index (χ0v) is 8.43. The maximum absolute atomic E-state index is 10.6. The molecule has 0 aliphatic heterocycles. The minimum atomic E-state index is 0.552. The zero-order valence-electron chi connectivity index (χ0n) is 8.43. The summed E-state index contributed by atoms with van der Waals surface area (Å²) in [6, 6.07) is 3.59.